The van der Waals surface area contributed by atoms with Crippen LogP contribution in [0.15, 0.2) is 43.0 Å². The third-order valence-corrected chi connectivity index (χ3v) is 5.63. The molecule has 3 amide bonds. The molecule has 29 heavy (non-hydrogen) atoms. The highest BCUT2D eigenvalue weighted by atomic mass is 16.2. The minimum absolute atomic E-state index is 0.118. The second-order valence-electron chi connectivity index (χ2n) is 7.41. The van der Waals surface area contributed by atoms with Gasteiger partial charge in [-0.25, -0.2) is 0 Å². The Hall–Kier alpha value is -3.19. The van der Waals surface area contributed by atoms with Crippen LogP contribution in [0.2, 0.25) is 0 Å². The van der Waals surface area contributed by atoms with Crippen molar-refractivity contribution in [3.8, 4) is 0 Å². The first-order valence-corrected chi connectivity index (χ1v) is 9.77. The fourth-order valence-electron chi connectivity index (χ4n) is 4.02. The van der Waals surface area contributed by atoms with E-state index in [2.05, 4.69) is 28.7 Å². The van der Waals surface area contributed by atoms with E-state index < -0.39 is 0 Å². The summed E-state index contributed by atoms with van der Waals surface area (Å²) < 4.78 is 0. The average Bonchev–Trinajstić information content (AvgIpc) is 2.74. The number of likely N-dealkylation sites (N-methyl/N-ethyl adjacent to an activating group) is 1. The van der Waals surface area contributed by atoms with Crippen LogP contribution in [-0.4, -0.2) is 73.8 Å². The van der Waals surface area contributed by atoms with Crippen LogP contribution in [0, 0.1) is 0 Å². The average molecular weight is 392 g/mol. The normalized spacial score (nSPS) is 17.0. The van der Waals surface area contributed by atoms with Crippen molar-refractivity contribution in [2.24, 2.45) is 0 Å². The molecule has 0 saturated carbocycles. The molecule has 0 aliphatic carbocycles. The number of rotatable bonds is 5. The summed E-state index contributed by atoms with van der Waals surface area (Å²) in [6.45, 7) is 7.47. The molecule has 2 aliphatic rings. The van der Waals surface area contributed by atoms with Crippen LogP contribution in [-0.2, 0) is 4.79 Å². The van der Waals surface area contributed by atoms with Gasteiger partial charge in [0.05, 0.1) is 0 Å². The summed E-state index contributed by atoms with van der Waals surface area (Å²) in [6.07, 6.45) is 1.16. The Bertz CT molecular complexity index is 986. The lowest BCUT2D eigenvalue weighted by molar-refractivity contribution is -0.116. The highest BCUT2D eigenvalue weighted by molar-refractivity contribution is 6.26. The van der Waals surface area contributed by atoms with Crippen molar-refractivity contribution >= 4 is 34.2 Å². The molecule has 2 aromatic rings. The fraction of sp³-hybridized carbons (Fsp3) is 0.318. The van der Waals surface area contributed by atoms with Crippen molar-refractivity contribution in [3.63, 3.8) is 0 Å². The van der Waals surface area contributed by atoms with E-state index in [1.165, 1.54) is 4.90 Å². The highest BCUT2D eigenvalue weighted by Crippen LogP contribution is 2.36. The topological polar surface area (TPSA) is 73.0 Å². The molecule has 2 heterocycles. The van der Waals surface area contributed by atoms with E-state index in [4.69, 9.17) is 0 Å². The number of amides is 3. The van der Waals surface area contributed by atoms with E-state index in [1.54, 1.807) is 6.07 Å². The zero-order valence-corrected chi connectivity index (χ0v) is 16.5. The first-order valence-electron chi connectivity index (χ1n) is 9.77. The van der Waals surface area contributed by atoms with E-state index in [-0.39, 0.29) is 30.8 Å². The molecule has 0 radical (unpaired) electrons. The molecule has 7 heteroatoms. The van der Waals surface area contributed by atoms with E-state index in [0.717, 1.165) is 48.7 Å². The Morgan fingerprint density at radius 3 is 2.45 bits per heavy atom. The van der Waals surface area contributed by atoms with Crippen LogP contribution >= 0.6 is 0 Å². The Labute approximate surface area is 169 Å². The van der Waals surface area contributed by atoms with Gasteiger partial charge in [0.25, 0.3) is 11.8 Å². The van der Waals surface area contributed by atoms with Gasteiger partial charge in [-0.1, -0.05) is 18.7 Å². The van der Waals surface area contributed by atoms with Crippen LogP contribution < -0.4 is 10.2 Å². The molecule has 0 bridgehead atoms. The van der Waals surface area contributed by atoms with Crippen LogP contribution in [0.3, 0.4) is 0 Å². The van der Waals surface area contributed by atoms with Gasteiger partial charge in [0.1, 0.15) is 0 Å². The van der Waals surface area contributed by atoms with Gasteiger partial charge in [-0.3, -0.25) is 19.3 Å². The molecule has 1 saturated heterocycles. The van der Waals surface area contributed by atoms with Crippen molar-refractivity contribution in [3.05, 3.63) is 54.1 Å². The number of imide groups is 1. The van der Waals surface area contributed by atoms with Gasteiger partial charge >= 0.3 is 0 Å². The minimum Gasteiger partial charge on any atom is -0.368 e. The van der Waals surface area contributed by atoms with Crippen molar-refractivity contribution in [1.82, 2.24) is 15.1 Å². The number of carbonyl (C=O) groups excluding carboxylic acids is 3. The number of nitrogens with zero attached hydrogens (tertiary/aromatic N) is 3. The third kappa shape index (κ3) is 3.38. The van der Waals surface area contributed by atoms with Crippen LogP contribution in [0.5, 0.6) is 0 Å². The predicted molar refractivity (Wildman–Crippen MR) is 112 cm³/mol. The molecule has 1 fully saturated rings. The largest absolute Gasteiger partial charge is 0.368 e. The molecule has 0 atom stereocenters. The maximum atomic E-state index is 13.0. The minimum atomic E-state index is -0.332. The van der Waals surface area contributed by atoms with E-state index in [1.807, 2.05) is 24.3 Å². The standard InChI is InChI=1S/C22H24N4O3/c1-3-19(27)23-9-10-26-21(28)16-6-4-5-15-18(25-13-11-24(2)12-14-25)8-7-17(20(15)16)22(26)29/h3-8H,1,9-14H2,2H3,(H,23,27). The first kappa shape index (κ1) is 19.1. The summed E-state index contributed by atoms with van der Waals surface area (Å²) in [4.78, 5) is 43.2. The van der Waals surface area contributed by atoms with E-state index in [9.17, 15) is 14.4 Å². The summed E-state index contributed by atoms with van der Waals surface area (Å²) >= 11 is 0. The molecule has 0 unspecified atom stereocenters. The predicted octanol–water partition coefficient (Wildman–Crippen LogP) is 1.49. The molecule has 1 N–H and O–H groups in total. The number of hydrogen-bond acceptors (Lipinski definition) is 5. The summed E-state index contributed by atoms with van der Waals surface area (Å²) in [7, 11) is 2.11. The molecule has 2 aliphatic heterocycles. The quantitative estimate of drug-likeness (QED) is 0.617. The number of anilines is 1. The Morgan fingerprint density at radius 2 is 1.76 bits per heavy atom. The maximum absolute atomic E-state index is 13.0. The van der Waals surface area contributed by atoms with Crippen molar-refractivity contribution < 1.29 is 14.4 Å². The van der Waals surface area contributed by atoms with E-state index in [0.29, 0.717) is 11.1 Å². The Morgan fingerprint density at radius 1 is 1.07 bits per heavy atom. The lowest BCUT2D eigenvalue weighted by atomic mass is 9.92. The van der Waals surface area contributed by atoms with Gasteiger partial charge in [0, 0.05) is 66.9 Å². The van der Waals surface area contributed by atoms with Crippen LogP contribution in [0.4, 0.5) is 5.69 Å². The fourth-order valence-corrected chi connectivity index (χ4v) is 4.02. The summed E-state index contributed by atoms with van der Waals surface area (Å²) in [6, 6.07) is 9.42. The van der Waals surface area contributed by atoms with Gasteiger partial charge in [-0.05, 0) is 31.3 Å². The van der Waals surface area contributed by atoms with Crippen molar-refractivity contribution in [2.75, 3.05) is 51.2 Å². The number of hydrogen-bond donors (Lipinski definition) is 1. The number of nitrogens with one attached hydrogen (secondary N) is 1. The second kappa shape index (κ2) is 7.67. The molecule has 0 aromatic heterocycles. The Balaban J connectivity index is 1.68. The van der Waals surface area contributed by atoms with Crippen molar-refractivity contribution in [1.29, 1.82) is 0 Å². The smallest absolute Gasteiger partial charge is 0.261 e. The summed E-state index contributed by atoms with van der Waals surface area (Å²) in [5.41, 5.74) is 2.12. The summed E-state index contributed by atoms with van der Waals surface area (Å²) in [5.74, 6) is -0.978. The van der Waals surface area contributed by atoms with Gasteiger partial charge in [0.2, 0.25) is 5.91 Å². The second-order valence-corrected chi connectivity index (χ2v) is 7.41. The molecule has 150 valence electrons. The molecule has 2 aromatic carbocycles. The van der Waals surface area contributed by atoms with Gasteiger partial charge in [-0.15, -0.1) is 0 Å². The highest BCUT2D eigenvalue weighted by Gasteiger charge is 2.33. The zero-order valence-electron chi connectivity index (χ0n) is 16.5. The first-order chi connectivity index (χ1) is 14.0. The molecule has 4 rings (SSSR count). The van der Waals surface area contributed by atoms with E-state index >= 15 is 0 Å². The number of carbonyl (C=O) groups is 3. The number of benzene rings is 2. The molecular formula is C22H24N4O3. The van der Waals surface area contributed by atoms with Gasteiger partial charge < -0.3 is 15.1 Å². The molecule has 7 nitrogen and oxygen atoms in total. The SMILES string of the molecule is C=CC(=O)NCCN1C(=O)c2cccc3c(N4CCN(C)CC4)ccc(c23)C1=O. The zero-order chi connectivity index (χ0) is 20.5. The molecular weight excluding hydrogens is 368 g/mol. The number of piperazine rings is 1. The molecule has 0 spiro atoms. The van der Waals surface area contributed by atoms with Gasteiger partial charge in [0.15, 0.2) is 0 Å². The lowest BCUT2D eigenvalue weighted by Gasteiger charge is -2.35. The summed E-state index contributed by atoms with van der Waals surface area (Å²) in [5, 5.41) is 4.27. The van der Waals surface area contributed by atoms with Crippen molar-refractivity contribution in [2.45, 2.75) is 0 Å². The van der Waals surface area contributed by atoms with Crippen LogP contribution in [0.25, 0.3) is 10.8 Å². The lowest BCUT2D eigenvalue weighted by Crippen LogP contribution is -2.45. The van der Waals surface area contributed by atoms with Gasteiger partial charge in [-0.2, -0.15) is 0 Å². The monoisotopic (exact) mass is 392 g/mol. The third-order valence-electron chi connectivity index (χ3n) is 5.63. The Kier molecular flexibility index (Phi) is 5.07. The maximum Gasteiger partial charge on any atom is 0.261 e. The van der Waals surface area contributed by atoms with Crippen LogP contribution in [0.1, 0.15) is 20.7 Å².